The number of aryl methyl sites for hydroxylation is 2. The van der Waals surface area contributed by atoms with Crippen LogP contribution in [0.1, 0.15) is 23.1 Å². The molecule has 3 N–H and O–H groups in total. The second-order valence-corrected chi connectivity index (χ2v) is 4.50. The molecule has 1 heterocycles. The minimum Gasteiger partial charge on any atom is -0.491 e. The number of halogens is 1. The lowest BCUT2D eigenvalue weighted by Gasteiger charge is -2.09. The molecule has 0 fully saturated rings. The van der Waals surface area contributed by atoms with E-state index in [-0.39, 0.29) is 11.4 Å². The second kappa shape index (κ2) is 5.82. The Kier molecular flexibility index (Phi) is 4.11. The lowest BCUT2D eigenvalue weighted by molar-refractivity contribution is 0.101. The quantitative estimate of drug-likeness (QED) is 0.904. The third kappa shape index (κ3) is 2.96. The first-order valence-corrected chi connectivity index (χ1v) is 6.46. The number of carbonyl (C=O) groups excluding carboxylic acids is 1. The number of anilines is 2. The molecule has 0 aliphatic rings. The molecule has 21 heavy (non-hydrogen) atoms. The summed E-state index contributed by atoms with van der Waals surface area (Å²) in [6.45, 7) is 3.85. The van der Waals surface area contributed by atoms with Crippen LogP contribution >= 0.6 is 0 Å². The first-order valence-electron chi connectivity index (χ1n) is 6.46. The molecule has 2 aromatic rings. The van der Waals surface area contributed by atoms with E-state index in [4.69, 9.17) is 10.5 Å². The maximum atomic E-state index is 13.7. The van der Waals surface area contributed by atoms with Gasteiger partial charge in [-0.15, -0.1) is 0 Å². The van der Waals surface area contributed by atoms with Crippen LogP contribution < -0.4 is 15.8 Å². The largest absolute Gasteiger partial charge is 0.491 e. The fraction of sp³-hybridized carbons (Fsp3) is 0.286. The van der Waals surface area contributed by atoms with E-state index in [1.54, 1.807) is 27.0 Å². The molecule has 0 radical (unpaired) electrons. The highest BCUT2D eigenvalue weighted by Gasteiger charge is 2.18. The summed E-state index contributed by atoms with van der Waals surface area (Å²) in [7, 11) is 1.62. The molecular weight excluding hydrogens is 275 g/mol. The lowest BCUT2D eigenvalue weighted by Crippen LogP contribution is -2.17. The van der Waals surface area contributed by atoms with E-state index < -0.39 is 11.7 Å². The summed E-state index contributed by atoms with van der Waals surface area (Å²) in [6, 6.07) is 4.22. The molecule has 7 heteroatoms. The predicted molar refractivity (Wildman–Crippen MR) is 77.9 cm³/mol. The predicted octanol–water partition coefficient (Wildman–Crippen LogP) is 2.10. The summed E-state index contributed by atoms with van der Waals surface area (Å²) in [5, 5.41) is 6.65. The Morgan fingerprint density at radius 3 is 2.76 bits per heavy atom. The number of aromatic nitrogens is 2. The van der Waals surface area contributed by atoms with Crippen molar-refractivity contribution in [3.63, 3.8) is 0 Å². The fourth-order valence-electron chi connectivity index (χ4n) is 1.99. The fourth-order valence-corrected chi connectivity index (χ4v) is 1.99. The van der Waals surface area contributed by atoms with Gasteiger partial charge in [-0.3, -0.25) is 9.48 Å². The molecule has 2 rings (SSSR count). The minimum atomic E-state index is -0.538. The van der Waals surface area contributed by atoms with Crippen LogP contribution in [0, 0.1) is 12.7 Å². The number of amides is 1. The van der Waals surface area contributed by atoms with Crippen molar-refractivity contribution in [3.05, 3.63) is 35.4 Å². The zero-order valence-electron chi connectivity index (χ0n) is 12.1. The van der Waals surface area contributed by atoms with Crippen LogP contribution in [-0.2, 0) is 7.05 Å². The number of hydrogen-bond acceptors (Lipinski definition) is 4. The Morgan fingerprint density at radius 2 is 2.24 bits per heavy atom. The van der Waals surface area contributed by atoms with Crippen molar-refractivity contribution in [2.24, 2.45) is 7.05 Å². The van der Waals surface area contributed by atoms with Crippen molar-refractivity contribution in [1.82, 2.24) is 9.78 Å². The van der Waals surface area contributed by atoms with Gasteiger partial charge in [0.25, 0.3) is 5.91 Å². The number of nitrogens with one attached hydrogen (secondary N) is 1. The van der Waals surface area contributed by atoms with Crippen LogP contribution in [-0.4, -0.2) is 22.3 Å². The molecule has 112 valence electrons. The van der Waals surface area contributed by atoms with E-state index in [0.717, 1.165) is 0 Å². The molecule has 1 aromatic carbocycles. The van der Waals surface area contributed by atoms with Crippen molar-refractivity contribution >= 4 is 17.3 Å². The van der Waals surface area contributed by atoms with E-state index in [9.17, 15) is 9.18 Å². The Hall–Kier alpha value is -2.57. The second-order valence-electron chi connectivity index (χ2n) is 4.50. The van der Waals surface area contributed by atoms with E-state index in [0.29, 0.717) is 23.7 Å². The van der Waals surface area contributed by atoms with Gasteiger partial charge in [-0.25, -0.2) is 4.39 Å². The van der Waals surface area contributed by atoms with Crippen LogP contribution in [0.25, 0.3) is 0 Å². The van der Waals surface area contributed by atoms with Gasteiger partial charge in [-0.2, -0.15) is 5.10 Å². The first-order chi connectivity index (χ1) is 9.93. The maximum absolute atomic E-state index is 13.7. The summed E-state index contributed by atoms with van der Waals surface area (Å²) in [5.74, 6) is -0.839. The third-order valence-corrected chi connectivity index (χ3v) is 2.97. The van der Waals surface area contributed by atoms with Gasteiger partial charge < -0.3 is 15.8 Å². The molecule has 6 nitrogen and oxygen atoms in total. The summed E-state index contributed by atoms with van der Waals surface area (Å²) < 4.78 is 20.2. The number of rotatable bonds is 4. The average molecular weight is 292 g/mol. The topological polar surface area (TPSA) is 82.2 Å². The van der Waals surface area contributed by atoms with Gasteiger partial charge in [0.15, 0.2) is 11.6 Å². The average Bonchev–Trinajstić information content (AvgIpc) is 2.66. The van der Waals surface area contributed by atoms with Crippen molar-refractivity contribution in [2.45, 2.75) is 13.8 Å². The monoisotopic (exact) mass is 292 g/mol. The highest BCUT2D eigenvalue weighted by molar-refractivity contribution is 6.06. The van der Waals surface area contributed by atoms with Gasteiger partial charge in [0.05, 0.1) is 18.0 Å². The SMILES string of the molecule is CCOc1ccc(NC(=O)c2c(N)c(C)nn2C)cc1F. The number of ether oxygens (including phenoxy) is 1. The van der Waals surface area contributed by atoms with Gasteiger partial charge >= 0.3 is 0 Å². The highest BCUT2D eigenvalue weighted by Crippen LogP contribution is 2.22. The molecule has 1 amide bonds. The molecule has 0 saturated carbocycles. The third-order valence-electron chi connectivity index (χ3n) is 2.97. The van der Waals surface area contributed by atoms with Crippen molar-refractivity contribution in [1.29, 1.82) is 0 Å². The Labute approximate surface area is 121 Å². The van der Waals surface area contributed by atoms with E-state index >= 15 is 0 Å². The molecule has 0 bridgehead atoms. The molecule has 1 aromatic heterocycles. The minimum absolute atomic E-state index is 0.145. The van der Waals surface area contributed by atoms with E-state index in [2.05, 4.69) is 10.4 Å². The normalized spacial score (nSPS) is 10.5. The highest BCUT2D eigenvalue weighted by atomic mass is 19.1. The van der Waals surface area contributed by atoms with Crippen LogP contribution in [0.3, 0.4) is 0 Å². The van der Waals surface area contributed by atoms with Gasteiger partial charge in [0.1, 0.15) is 5.69 Å². The molecule has 0 saturated heterocycles. The summed E-state index contributed by atoms with van der Waals surface area (Å²) in [6.07, 6.45) is 0. The molecular formula is C14H17FN4O2. The van der Waals surface area contributed by atoms with E-state index in [1.165, 1.54) is 16.8 Å². The standard InChI is InChI=1S/C14H17FN4O2/c1-4-21-11-6-5-9(7-10(11)15)17-14(20)13-12(16)8(2)18-19(13)3/h5-7H,4,16H2,1-3H3,(H,17,20). The van der Waals surface area contributed by atoms with Crippen LogP contribution in [0.4, 0.5) is 15.8 Å². The maximum Gasteiger partial charge on any atom is 0.276 e. The Bertz CT molecular complexity index is 682. The molecule has 0 aliphatic carbocycles. The molecule has 0 atom stereocenters. The summed E-state index contributed by atoms with van der Waals surface area (Å²) >= 11 is 0. The number of nitrogens with two attached hydrogens (primary N) is 1. The van der Waals surface area contributed by atoms with Gasteiger partial charge in [0, 0.05) is 18.8 Å². The zero-order valence-corrected chi connectivity index (χ0v) is 12.1. The molecule has 0 aliphatic heterocycles. The molecule has 0 unspecified atom stereocenters. The molecule has 0 spiro atoms. The zero-order chi connectivity index (χ0) is 15.6. The van der Waals surface area contributed by atoms with Gasteiger partial charge in [-0.1, -0.05) is 0 Å². The smallest absolute Gasteiger partial charge is 0.276 e. The summed E-state index contributed by atoms with van der Waals surface area (Å²) in [4.78, 5) is 12.2. The van der Waals surface area contributed by atoms with E-state index in [1.807, 2.05) is 0 Å². The lowest BCUT2D eigenvalue weighted by atomic mass is 10.2. The van der Waals surface area contributed by atoms with Gasteiger partial charge in [-0.05, 0) is 26.0 Å². The number of nitrogen functional groups attached to an aromatic ring is 1. The number of hydrogen-bond donors (Lipinski definition) is 2. The Morgan fingerprint density at radius 1 is 1.52 bits per heavy atom. The Balaban J connectivity index is 2.22. The van der Waals surface area contributed by atoms with Crippen molar-refractivity contribution < 1.29 is 13.9 Å². The van der Waals surface area contributed by atoms with Crippen LogP contribution in [0.15, 0.2) is 18.2 Å². The van der Waals surface area contributed by atoms with Gasteiger partial charge in [0.2, 0.25) is 0 Å². The number of benzene rings is 1. The van der Waals surface area contributed by atoms with Crippen molar-refractivity contribution in [3.8, 4) is 5.75 Å². The van der Waals surface area contributed by atoms with Crippen LogP contribution in [0.5, 0.6) is 5.75 Å². The number of carbonyl (C=O) groups is 1. The van der Waals surface area contributed by atoms with Crippen molar-refractivity contribution in [2.75, 3.05) is 17.7 Å². The summed E-state index contributed by atoms with van der Waals surface area (Å²) in [5.41, 5.74) is 7.25. The van der Waals surface area contributed by atoms with Crippen LogP contribution in [0.2, 0.25) is 0 Å². The first kappa shape index (κ1) is 14.8. The number of nitrogens with zero attached hydrogens (tertiary/aromatic N) is 2.